The van der Waals surface area contributed by atoms with E-state index in [1.54, 1.807) is 12.1 Å². The highest BCUT2D eigenvalue weighted by Gasteiger charge is 2.15. The molecule has 27 heavy (non-hydrogen) atoms. The third-order valence-electron chi connectivity index (χ3n) is 4.32. The first-order valence-corrected chi connectivity index (χ1v) is 9.98. The van der Waals surface area contributed by atoms with Gasteiger partial charge in [-0.2, -0.15) is 0 Å². The lowest BCUT2D eigenvalue weighted by atomic mass is 10.1. The average molecular weight is 384 g/mol. The molecule has 1 heterocycles. The van der Waals surface area contributed by atoms with Crippen LogP contribution < -0.4 is 10.3 Å². The third-order valence-corrected chi connectivity index (χ3v) is 5.77. The number of benzene rings is 2. The Morgan fingerprint density at radius 2 is 1.89 bits per heavy atom. The number of H-pyrrole nitrogens is 1. The normalized spacial score (nSPS) is 11.6. The zero-order valence-corrected chi connectivity index (χ0v) is 15.9. The fourth-order valence-corrected chi connectivity index (χ4v) is 3.91. The number of rotatable bonds is 6. The average Bonchev–Trinajstić information content (AvgIpc) is 2.62. The molecule has 2 N–H and O–H groups in total. The highest BCUT2D eigenvalue weighted by atomic mass is 32.2. The van der Waals surface area contributed by atoms with Crippen molar-refractivity contribution in [3.05, 3.63) is 75.6 Å². The van der Waals surface area contributed by atoms with Crippen molar-refractivity contribution in [2.75, 3.05) is 6.54 Å². The number of carbonyl (C=O) groups is 1. The van der Waals surface area contributed by atoms with E-state index in [1.807, 2.05) is 25.1 Å². The number of fused-ring (bicyclic) bond motifs is 1. The summed E-state index contributed by atoms with van der Waals surface area (Å²) in [6.07, 6.45) is 0.255. The molecule has 3 rings (SSSR count). The molecule has 0 aliphatic rings. The fraction of sp³-hybridized carbons (Fsp3) is 0.200. The molecule has 0 fully saturated rings. The smallest absolute Gasteiger partial charge is 0.251 e. The first kappa shape index (κ1) is 19.0. The minimum absolute atomic E-state index is 0.0260. The third kappa shape index (κ3) is 4.32. The molecule has 0 atom stereocenters. The van der Waals surface area contributed by atoms with Crippen molar-refractivity contribution in [2.45, 2.75) is 25.2 Å². The lowest BCUT2D eigenvalue weighted by Crippen LogP contribution is -2.27. The molecule has 3 aromatic rings. The van der Waals surface area contributed by atoms with Crippen LogP contribution in [0, 0.1) is 6.92 Å². The van der Waals surface area contributed by atoms with Crippen LogP contribution in [0.4, 0.5) is 0 Å². The summed E-state index contributed by atoms with van der Waals surface area (Å²) in [6.45, 7) is 3.40. The summed E-state index contributed by atoms with van der Waals surface area (Å²) in [7, 11) is -3.76. The van der Waals surface area contributed by atoms with Gasteiger partial charge in [0.15, 0.2) is 5.78 Å². The Morgan fingerprint density at radius 3 is 2.63 bits per heavy atom. The molecule has 0 saturated carbocycles. The van der Waals surface area contributed by atoms with Gasteiger partial charge < -0.3 is 4.98 Å². The molecule has 0 aliphatic heterocycles. The maximum Gasteiger partial charge on any atom is 0.251 e. The number of carbonyl (C=O) groups excluding carboxylic acids is 1. The second kappa shape index (κ2) is 7.46. The Hall–Kier alpha value is -2.77. The number of hydrogen-bond acceptors (Lipinski definition) is 4. The summed E-state index contributed by atoms with van der Waals surface area (Å²) >= 11 is 0. The molecular weight excluding hydrogens is 364 g/mol. The molecule has 0 bridgehead atoms. The summed E-state index contributed by atoms with van der Waals surface area (Å²) in [5.74, 6) is -0.204. The number of hydrogen-bond donors (Lipinski definition) is 2. The van der Waals surface area contributed by atoms with Crippen LogP contribution >= 0.6 is 0 Å². The minimum Gasteiger partial charge on any atom is -0.322 e. The number of aromatic nitrogens is 1. The molecule has 1 aromatic heterocycles. The zero-order valence-electron chi connectivity index (χ0n) is 15.1. The van der Waals surface area contributed by atoms with E-state index in [-0.39, 0.29) is 29.2 Å². The number of aryl methyl sites for hydroxylation is 1. The van der Waals surface area contributed by atoms with Gasteiger partial charge in [-0.15, -0.1) is 0 Å². The van der Waals surface area contributed by atoms with Gasteiger partial charge in [0.25, 0.3) is 5.56 Å². The van der Waals surface area contributed by atoms with Gasteiger partial charge in [0.2, 0.25) is 10.0 Å². The van der Waals surface area contributed by atoms with E-state index in [4.69, 9.17) is 0 Å². The summed E-state index contributed by atoms with van der Waals surface area (Å²) in [4.78, 5) is 26.5. The largest absolute Gasteiger partial charge is 0.322 e. The number of ketones is 1. The quantitative estimate of drug-likeness (QED) is 0.639. The van der Waals surface area contributed by atoms with Crippen molar-refractivity contribution in [2.24, 2.45) is 0 Å². The Labute approximate surface area is 157 Å². The Balaban J connectivity index is 1.76. The van der Waals surface area contributed by atoms with Crippen LogP contribution in [-0.4, -0.2) is 25.7 Å². The van der Waals surface area contributed by atoms with E-state index < -0.39 is 10.0 Å². The Morgan fingerprint density at radius 1 is 1.11 bits per heavy atom. The monoisotopic (exact) mass is 384 g/mol. The first-order chi connectivity index (χ1) is 12.8. The van der Waals surface area contributed by atoms with Crippen molar-refractivity contribution in [3.63, 3.8) is 0 Å². The highest BCUT2D eigenvalue weighted by Crippen LogP contribution is 2.14. The van der Waals surface area contributed by atoms with E-state index in [0.29, 0.717) is 11.1 Å². The van der Waals surface area contributed by atoms with E-state index in [2.05, 4.69) is 9.71 Å². The molecule has 0 radical (unpaired) electrons. The Kier molecular flexibility index (Phi) is 5.25. The van der Waals surface area contributed by atoms with Crippen LogP contribution in [0.1, 0.15) is 28.4 Å². The Bertz CT molecular complexity index is 1180. The maximum absolute atomic E-state index is 12.4. The number of sulfonamides is 1. The predicted molar refractivity (Wildman–Crippen MR) is 105 cm³/mol. The molecule has 6 nitrogen and oxygen atoms in total. The lowest BCUT2D eigenvalue weighted by Gasteiger charge is -2.08. The lowest BCUT2D eigenvalue weighted by molar-refractivity contribution is 0.101. The van der Waals surface area contributed by atoms with Crippen molar-refractivity contribution >= 4 is 26.7 Å². The van der Waals surface area contributed by atoms with Crippen LogP contribution in [0.25, 0.3) is 10.9 Å². The molecule has 0 amide bonds. The van der Waals surface area contributed by atoms with Crippen molar-refractivity contribution in [1.29, 1.82) is 0 Å². The summed E-state index contributed by atoms with van der Waals surface area (Å²) < 4.78 is 27.3. The second-order valence-electron chi connectivity index (χ2n) is 6.45. The summed E-state index contributed by atoms with van der Waals surface area (Å²) in [5, 5.41) is 0.896. The van der Waals surface area contributed by atoms with Crippen molar-refractivity contribution in [1.82, 2.24) is 9.71 Å². The van der Waals surface area contributed by atoms with Gasteiger partial charge in [0.05, 0.1) is 4.90 Å². The van der Waals surface area contributed by atoms with Crippen LogP contribution in [0.15, 0.2) is 58.2 Å². The summed E-state index contributed by atoms with van der Waals surface area (Å²) in [6, 6.07) is 13.4. The van der Waals surface area contributed by atoms with Gasteiger partial charge in [-0.05, 0) is 55.5 Å². The van der Waals surface area contributed by atoms with Gasteiger partial charge in [-0.1, -0.05) is 24.3 Å². The van der Waals surface area contributed by atoms with Crippen molar-refractivity contribution in [3.8, 4) is 0 Å². The zero-order chi connectivity index (χ0) is 19.6. The SMILES string of the molecule is CC(=O)c1cccc(S(=O)(=O)NCCc2cc3ccc(C)cc3[nH]c2=O)c1. The van der Waals surface area contributed by atoms with Gasteiger partial charge >= 0.3 is 0 Å². The maximum atomic E-state index is 12.4. The van der Waals surface area contributed by atoms with Gasteiger partial charge in [-0.3, -0.25) is 9.59 Å². The number of pyridine rings is 1. The van der Waals surface area contributed by atoms with Gasteiger partial charge in [0.1, 0.15) is 0 Å². The summed E-state index contributed by atoms with van der Waals surface area (Å²) in [5.41, 5.74) is 2.41. The predicted octanol–water partition coefficient (Wildman–Crippen LogP) is 2.56. The second-order valence-corrected chi connectivity index (χ2v) is 8.21. The van der Waals surface area contributed by atoms with Gasteiger partial charge in [0, 0.05) is 23.2 Å². The van der Waals surface area contributed by atoms with Crippen molar-refractivity contribution < 1.29 is 13.2 Å². The molecule has 2 aromatic carbocycles. The topological polar surface area (TPSA) is 96.1 Å². The van der Waals surface area contributed by atoms with Crippen LogP contribution in [0.5, 0.6) is 0 Å². The standard InChI is InChI=1S/C20H20N2O4S/c1-13-6-7-16-11-17(20(24)22-19(16)10-13)8-9-21-27(25,26)18-5-3-4-15(12-18)14(2)23/h3-7,10-12,21H,8-9H2,1-2H3,(H,22,24). The molecule has 0 saturated heterocycles. The van der Waals surface area contributed by atoms with E-state index in [0.717, 1.165) is 16.5 Å². The first-order valence-electron chi connectivity index (χ1n) is 8.49. The van der Waals surface area contributed by atoms with Crippen LogP contribution in [0.2, 0.25) is 0 Å². The molecule has 7 heteroatoms. The number of aromatic amines is 1. The molecule has 0 unspecified atom stereocenters. The van der Waals surface area contributed by atoms with Crippen LogP contribution in [0.3, 0.4) is 0 Å². The molecular formula is C20H20N2O4S. The highest BCUT2D eigenvalue weighted by molar-refractivity contribution is 7.89. The van der Waals surface area contributed by atoms with Gasteiger partial charge in [-0.25, -0.2) is 13.1 Å². The van der Waals surface area contributed by atoms with E-state index in [1.165, 1.54) is 25.1 Å². The number of Topliss-reactive ketones (excluding diaryl/α,β-unsaturated/α-hetero) is 1. The fourth-order valence-electron chi connectivity index (χ4n) is 2.83. The number of nitrogens with one attached hydrogen (secondary N) is 2. The molecule has 0 spiro atoms. The van der Waals surface area contributed by atoms with Crippen LogP contribution in [-0.2, 0) is 16.4 Å². The minimum atomic E-state index is -3.76. The van der Waals surface area contributed by atoms with E-state index in [9.17, 15) is 18.0 Å². The molecule has 140 valence electrons. The molecule has 0 aliphatic carbocycles. The van der Waals surface area contributed by atoms with E-state index >= 15 is 0 Å².